The summed E-state index contributed by atoms with van der Waals surface area (Å²) in [5.74, 6) is 5.13. The lowest BCUT2D eigenvalue weighted by Gasteiger charge is -2.40. The SMILES string of the molecule is C.CC(C)(C)SC(C)(C)C.CCCSC.CCCSC.CCSCC.CSC(C)(C)C(C)(C)C.CSC(C)(C)C(C)(C)C.[2H]C([2H])([2H])C(C)(C)C(C)(CC)CC. The average molecular weight is 871 g/mol. The van der Waals surface area contributed by atoms with Gasteiger partial charge in [0.15, 0.2) is 0 Å². The van der Waals surface area contributed by atoms with E-state index in [9.17, 15) is 0 Å². The highest BCUT2D eigenvalue weighted by Crippen LogP contribution is 2.44. The van der Waals surface area contributed by atoms with Crippen LogP contribution in [0.3, 0.4) is 0 Å². The van der Waals surface area contributed by atoms with E-state index in [4.69, 9.17) is 4.11 Å². The van der Waals surface area contributed by atoms with Crippen molar-refractivity contribution in [2.45, 2.75) is 232 Å². The molecule has 0 radical (unpaired) electrons. The minimum absolute atomic E-state index is 0. The molecule has 0 rings (SSSR count). The van der Waals surface area contributed by atoms with Gasteiger partial charge in [-0.15, -0.1) is 0 Å². The zero-order chi connectivity index (χ0) is 46.4. The third-order valence-electron chi connectivity index (χ3n) is 9.54. The van der Waals surface area contributed by atoms with Gasteiger partial charge in [0.1, 0.15) is 0 Å². The van der Waals surface area contributed by atoms with Gasteiger partial charge < -0.3 is 0 Å². The van der Waals surface area contributed by atoms with Gasteiger partial charge in [0.25, 0.3) is 0 Å². The molecule has 0 unspecified atom stereocenters. The van der Waals surface area contributed by atoms with Crippen LogP contribution in [0.5, 0.6) is 0 Å². The highest BCUT2D eigenvalue weighted by atomic mass is 32.2. The zero-order valence-corrected chi connectivity index (χ0v) is 46.5. The van der Waals surface area contributed by atoms with Gasteiger partial charge in [-0.3, -0.25) is 0 Å². The van der Waals surface area contributed by atoms with E-state index in [-0.39, 0.29) is 12.8 Å². The molecule has 53 heavy (non-hydrogen) atoms. The maximum Gasteiger partial charge on any atom is 0.0236 e. The minimum Gasteiger partial charge on any atom is -0.165 e. The first-order valence-electron chi connectivity index (χ1n) is 21.6. The summed E-state index contributed by atoms with van der Waals surface area (Å²) in [7, 11) is 0. The fourth-order valence-electron chi connectivity index (χ4n) is 3.28. The van der Waals surface area contributed by atoms with Gasteiger partial charge in [-0.25, -0.2) is 0 Å². The van der Waals surface area contributed by atoms with Crippen LogP contribution in [-0.4, -0.2) is 67.0 Å². The van der Waals surface area contributed by atoms with Crippen molar-refractivity contribution in [2.75, 3.05) is 48.0 Å². The third-order valence-corrected chi connectivity index (χ3v) is 16.5. The van der Waals surface area contributed by atoms with Crippen LogP contribution in [0.25, 0.3) is 0 Å². The Morgan fingerprint density at radius 2 is 0.698 bits per heavy atom. The molecule has 0 atom stereocenters. The zero-order valence-electron chi connectivity index (χ0n) is 44.6. The molecular weight excluding hydrogens is 757 g/mol. The molecule has 0 N–H and O–H groups in total. The lowest BCUT2D eigenvalue weighted by molar-refractivity contribution is 0.0975. The van der Waals surface area contributed by atoms with Crippen molar-refractivity contribution in [3.05, 3.63) is 0 Å². The van der Waals surface area contributed by atoms with Crippen LogP contribution in [0.15, 0.2) is 0 Å². The molecule has 0 amide bonds. The van der Waals surface area contributed by atoms with Crippen LogP contribution in [0.4, 0.5) is 0 Å². The first-order chi connectivity index (χ1) is 24.2. The maximum atomic E-state index is 7.53. The molecule has 0 aromatic rings. The van der Waals surface area contributed by atoms with E-state index in [2.05, 4.69) is 184 Å². The van der Waals surface area contributed by atoms with Crippen molar-refractivity contribution in [1.82, 2.24) is 0 Å². The molecule has 0 aliphatic heterocycles. The van der Waals surface area contributed by atoms with Crippen molar-refractivity contribution in [3.63, 3.8) is 0 Å². The highest BCUT2D eigenvalue weighted by molar-refractivity contribution is 8.02. The number of thioether (sulfide) groups is 6. The Balaban J connectivity index is -0.0000000820. The van der Waals surface area contributed by atoms with Crippen LogP contribution in [0.1, 0.15) is 217 Å². The van der Waals surface area contributed by atoms with Crippen LogP contribution >= 0.6 is 70.6 Å². The maximum absolute atomic E-state index is 7.53. The van der Waals surface area contributed by atoms with E-state index in [1.807, 2.05) is 84.4 Å². The van der Waals surface area contributed by atoms with Crippen LogP contribution in [0.2, 0.25) is 0 Å². The van der Waals surface area contributed by atoms with Gasteiger partial charge in [-0.2, -0.15) is 70.6 Å². The molecule has 0 aromatic heterocycles. The summed E-state index contributed by atoms with van der Waals surface area (Å²) < 4.78 is 24.2. The quantitative estimate of drug-likeness (QED) is 0.213. The molecule has 0 spiro atoms. The summed E-state index contributed by atoms with van der Waals surface area (Å²) in [4.78, 5) is 0. The Kier molecular flexibility index (Phi) is 45.0. The Hall–Kier alpha value is 2.10. The normalized spacial score (nSPS) is 13.2. The molecule has 0 saturated carbocycles. The van der Waals surface area contributed by atoms with Crippen LogP contribution < -0.4 is 0 Å². The first-order valence-corrected chi connectivity index (χ1v) is 27.3. The van der Waals surface area contributed by atoms with Crippen molar-refractivity contribution in [2.24, 2.45) is 21.7 Å². The standard InChI is InChI=1S/C10H22.3C8H18S.3C4H10S.CH4/c1-7-10(6,8-2)9(3,4)5;2*1-7(2,3)8(4,5)9-6;1-7(2,3)9-8(4,5)6;2*1-3-4-5-2;1-3-5-4-2;/h7-8H2,1-6H3;3*1-6H3;3*3-4H2,1-2H3;1H4/i3D3;;;;;;;. The van der Waals surface area contributed by atoms with Crippen molar-refractivity contribution >= 4 is 70.6 Å². The molecule has 0 heterocycles. The van der Waals surface area contributed by atoms with E-state index >= 15 is 0 Å². The summed E-state index contributed by atoms with van der Waals surface area (Å²) in [6.45, 7) is 53.1. The monoisotopic (exact) mass is 870 g/mol. The molecule has 0 fully saturated rings. The van der Waals surface area contributed by atoms with E-state index in [0.29, 0.717) is 29.8 Å². The Labute approximate surface area is 374 Å². The minimum atomic E-state index is -1.87. The van der Waals surface area contributed by atoms with E-state index < -0.39 is 12.3 Å². The van der Waals surface area contributed by atoms with Gasteiger partial charge in [-0.1, -0.05) is 200 Å². The third kappa shape index (κ3) is 52.1. The second kappa shape index (κ2) is 37.1. The fourth-order valence-corrected chi connectivity index (χ4v) is 7.56. The molecule has 0 aromatic carbocycles. The van der Waals surface area contributed by atoms with E-state index in [0.717, 1.165) is 12.8 Å². The summed E-state index contributed by atoms with van der Waals surface area (Å²) in [5.41, 5.74) is 0.112. The van der Waals surface area contributed by atoms with Crippen molar-refractivity contribution in [1.29, 1.82) is 0 Å². The van der Waals surface area contributed by atoms with Crippen molar-refractivity contribution in [3.8, 4) is 0 Å². The van der Waals surface area contributed by atoms with Gasteiger partial charge in [0.05, 0.1) is 0 Å². The summed E-state index contributed by atoms with van der Waals surface area (Å²) in [6.07, 6.45) is 13.0. The highest BCUT2D eigenvalue weighted by Gasteiger charge is 2.34. The second-order valence-corrected chi connectivity index (χ2v) is 28.0. The first kappa shape index (κ1) is 64.2. The van der Waals surface area contributed by atoms with Gasteiger partial charge >= 0.3 is 0 Å². The number of rotatable bonds is 10. The molecular formula is C47H110S6. The molecule has 0 aliphatic carbocycles. The molecule has 6 heteroatoms. The van der Waals surface area contributed by atoms with Crippen LogP contribution in [0, 0.1) is 21.7 Å². The lowest BCUT2D eigenvalue weighted by atomic mass is 9.65. The number of hydrogen-bond acceptors (Lipinski definition) is 6. The largest absolute Gasteiger partial charge is 0.165 e. The molecule has 334 valence electrons. The van der Waals surface area contributed by atoms with Crippen molar-refractivity contribution < 1.29 is 4.11 Å². The molecule has 0 bridgehead atoms. The van der Waals surface area contributed by atoms with E-state index in [1.54, 1.807) is 0 Å². The van der Waals surface area contributed by atoms with Gasteiger partial charge in [0.2, 0.25) is 0 Å². The Morgan fingerprint density at radius 3 is 0.717 bits per heavy atom. The van der Waals surface area contributed by atoms with Gasteiger partial charge in [-0.05, 0) is 82.5 Å². The summed E-state index contributed by atoms with van der Waals surface area (Å²) >= 11 is 11.6. The number of hydrogen-bond donors (Lipinski definition) is 0. The fraction of sp³-hybridized carbons (Fsp3) is 1.00. The predicted octanol–water partition coefficient (Wildman–Crippen LogP) is 19.4. The predicted molar refractivity (Wildman–Crippen MR) is 282 cm³/mol. The topological polar surface area (TPSA) is 0 Å². The van der Waals surface area contributed by atoms with E-state index in [1.165, 1.54) is 35.9 Å². The summed E-state index contributed by atoms with van der Waals surface area (Å²) in [5, 5.41) is 0. The molecule has 0 nitrogen and oxygen atoms in total. The Morgan fingerprint density at radius 1 is 0.434 bits per heavy atom. The molecule has 0 aliphatic rings. The summed E-state index contributed by atoms with van der Waals surface area (Å²) in [6, 6.07) is 0. The van der Waals surface area contributed by atoms with Crippen LogP contribution in [-0.2, 0) is 0 Å². The van der Waals surface area contributed by atoms with Gasteiger partial charge in [0, 0.05) is 23.1 Å². The Bertz CT molecular complexity index is 748. The smallest absolute Gasteiger partial charge is 0.0236 e. The second-order valence-electron chi connectivity index (χ2n) is 18.9. The molecule has 0 saturated heterocycles. The average Bonchev–Trinajstić information content (AvgIpc) is 3.00. The lowest BCUT2D eigenvalue weighted by Crippen LogP contribution is -2.32.